The average Bonchev–Trinajstić information content (AvgIpc) is 4.20. The number of aliphatic carboxylic acids is 2. The van der Waals surface area contributed by atoms with Crippen LogP contribution in [0, 0.1) is 22.7 Å². The smallest absolute Gasteiger partial charge is 0.346 e. The molecule has 0 radical (unpaired) electrons. The Balaban J connectivity index is 0.963. The number of hydrogen-bond donors (Lipinski definition) is 2. The third-order valence-corrected chi connectivity index (χ3v) is 15.2. The van der Waals surface area contributed by atoms with Crippen LogP contribution >= 0.6 is 45.3 Å². The molecule has 8 nitrogen and oxygen atoms in total. The lowest BCUT2D eigenvalue weighted by Gasteiger charge is -2.28. The van der Waals surface area contributed by atoms with Gasteiger partial charge in [-0.3, -0.25) is 0 Å². The molecule has 318 valence electrons. The van der Waals surface area contributed by atoms with Crippen LogP contribution in [-0.2, 0) is 9.59 Å². The molecule has 0 amide bonds. The number of para-hydroxylation sites is 2. The van der Waals surface area contributed by atoms with E-state index in [0.717, 1.165) is 74.5 Å². The predicted molar refractivity (Wildman–Crippen MR) is 272 cm³/mol. The molecule has 0 aliphatic rings. The summed E-state index contributed by atoms with van der Waals surface area (Å²) < 4.78 is 0. The SMILES string of the molecule is N#C/C(=C\c1ccc(-c2ccc(-c3ccc(N(c4ccccc4)c4ccc(N(c5ccccc5)c5ccc(-c6ccc(-c7ccc(/C=C(\C#N)C(=O)O)s7)s6)cc5)cc4)cc3)s2)s1)C(=O)O. The summed E-state index contributed by atoms with van der Waals surface area (Å²) in [5.74, 6) is -2.48. The standard InChI is InChI=1S/C54H34N4O4S4/c55-33-37(53(59)60)31-45-23-25-49(63-45)51-29-27-47(65-51)35-11-15-41(16-12-35)57(39-7-3-1-4-8-39)43-19-21-44(22-20-43)58(40-9-5-2-6-10-40)42-17-13-36(14-18-42)48-28-30-52(66-48)50-26-24-46(64-50)32-38(34-56)54(61)62/h1-32H,(H,59,60)(H,61,62)/b37-31+,38-32+. The Morgan fingerprint density at radius 1 is 0.379 bits per heavy atom. The van der Waals surface area contributed by atoms with Crippen LogP contribution in [0.5, 0.6) is 0 Å². The van der Waals surface area contributed by atoms with Crippen molar-refractivity contribution in [3.8, 4) is 52.5 Å². The van der Waals surface area contributed by atoms with Crippen molar-refractivity contribution in [2.45, 2.75) is 0 Å². The van der Waals surface area contributed by atoms with Gasteiger partial charge in [-0.2, -0.15) is 10.5 Å². The van der Waals surface area contributed by atoms with Gasteiger partial charge in [-0.1, -0.05) is 60.7 Å². The van der Waals surface area contributed by atoms with Crippen molar-refractivity contribution < 1.29 is 19.8 Å². The molecule has 5 aromatic carbocycles. The van der Waals surface area contributed by atoms with Crippen LogP contribution in [0.25, 0.3) is 52.5 Å². The minimum atomic E-state index is -1.24. The highest BCUT2D eigenvalue weighted by Gasteiger charge is 2.18. The van der Waals surface area contributed by atoms with Crippen LogP contribution < -0.4 is 9.80 Å². The Bertz CT molecular complexity index is 3110. The van der Waals surface area contributed by atoms with Crippen LogP contribution in [0.15, 0.2) is 193 Å². The van der Waals surface area contributed by atoms with E-state index in [1.54, 1.807) is 34.8 Å². The number of anilines is 6. The molecule has 0 unspecified atom stereocenters. The topological polar surface area (TPSA) is 129 Å². The quantitative estimate of drug-likeness (QED) is 0.0815. The van der Waals surface area contributed by atoms with Crippen molar-refractivity contribution in [3.05, 3.63) is 203 Å². The zero-order chi connectivity index (χ0) is 45.6. The molecule has 4 aromatic heterocycles. The summed E-state index contributed by atoms with van der Waals surface area (Å²) in [5.41, 5.74) is 7.63. The van der Waals surface area contributed by atoms with Gasteiger partial charge in [0.15, 0.2) is 0 Å². The highest BCUT2D eigenvalue weighted by Crippen LogP contribution is 2.43. The highest BCUT2D eigenvalue weighted by atomic mass is 32.1. The van der Waals surface area contributed by atoms with E-state index >= 15 is 0 Å². The van der Waals surface area contributed by atoms with Crippen molar-refractivity contribution in [3.63, 3.8) is 0 Å². The summed E-state index contributed by atoms with van der Waals surface area (Å²) in [6, 6.07) is 65.7. The van der Waals surface area contributed by atoms with Gasteiger partial charge in [0.25, 0.3) is 0 Å². The Kier molecular flexibility index (Phi) is 12.6. The van der Waals surface area contributed by atoms with Crippen molar-refractivity contribution in [2.24, 2.45) is 0 Å². The monoisotopic (exact) mass is 930 g/mol. The molecule has 0 atom stereocenters. The van der Waals surface area contributed by atoms with Crippen LogP contribution in [0.4, 0.5) is 34.1 Å². The fourth-order valence-corrected chi connectivity index (χ4v) is 11.4. The number of carboxylic acid groups (broad SMARTS) is 2. The average molecular weight is 931 g/mol. The van der Waals surface area contributed by atoms with Crippen LogP contribution in [0.2, 0.25) is 0 Å². The second-order valence-electron chi connectivity index (χ2n) is 14.6. The summed E-state index contributed by atoms with van der Waals surface area (Å²) in [6.07, 6.45) is 2.81. The lowest BCUT2D eigenvalue weighted by atomic mass is 10.1. The van der Waals surface area contributed by atoms with Crippen molar-refractivity contribution >= 4 is 104 Å². The maximum atomic E-state index is 11.3. The fourth-order valence-electron chi connectivity index (χ4n) is 7.29. The Morgan fingerprint density at radius 2 is 0.667 bits per heavy atom. The summed E-state index contributed by atoms with van der Waals surface area (Å²) in [5, 5.41) is 36.9. The van der Waals surface area contributed by atoms with Gasteiger partial charge in [0.05, 0.1) is 0 Å². The normalized spacial score (nSPS) is 11.4. The molecule has 0 saturated heterocycles. The van der Waals surface area contributed by atoms with E-state index in [9.17, 15) is 30.3 Å². The molecule has 4 heterocycles. The van der Waals surface area contributed by atoms with Gasteiger partial charge in [-0.15, -0.1) is 45.3 Å². The Hall–Kier alpha value is -8.10. The van der Waals surface area contributed by atoms with Gasteiger partial charge in [0, 0.05) is 73.1 Å². The van der Waals surface area contributed by atoms with Crippen molar-refractivity contribution in [2.75, 3.05) is 9.80 Å². The van der Waals surface area contributed by atoms with Gasteiger partial charge < -0.3 is 20.0 Å². The van der Waals surface area contributed by atoms with Crippen LogP contribution in [0.1, 0.15) is 9.75 Å². The number of carboxylic acids is 2. The molecule has 66 heavy (non-hydrogen) atoms. The van der Waals surface area contributed by atoms with Crippen LogP contribution in [-0.4, -0.2) is 22.2 Å². The minimum Gasteiger partial charge on any atom is -0.477 e. The lowest BCUT2D eigenvalue weighted by Crippen LogP contribution is -2.12. The number of hydrogen-bond acceptors (Lipinski definition) is 10. The summed E-state index contributed by atoms with van der Waals surface area (Å²) in [7, 11) is 0. The zero-order valence-corrected chi connectivity index (χ0v) is 37.9. The summed E-state index contributed by atoms with van der Waals surface area (Å²) in [4.78, 5) is 34.9. The first-order valence-electron chi connectivity index (χ1n) is 20.4. The van der Waals surface area contributed by atoms with E-state index in [1.165, 1.54) is 34.8 Å². The zero-order valence-electron chi connectivity index (χ0n) is 34.6. The first-order valence-corrected chi connectivity index (χ1v) is 23.6. The molecule has 9 aromatic rings. The third-order valence-electron chi connectivity index (χ3n) is 10.4. The molecule has 0 spiro atoms. The molecule has 9 rings (SSSR count). The van der Waals surface area contributed by atoms with Crippen LogP contribution in [0.3, 0.4) is 0 Å². The fraction of sp³-hybridized carbons (Fsp3) is 0. The van der Waals surface area contributed by atoms with E-state index in [1.807, 2.05) is 60.7 Å². The molecule has 0 fully saturated rings. The van der Waals surface area contributed by atoms with Crippen molar-refractivity contribution in [1.82, 2.24) is 0 Å². The van der Waals surface area contributed by atoms with E-state index in [4.69, 9.17) is 0 Å². The lowest BCUT2D eigenvalue weighted by molar-refractivity contribution is -0.133. The molecule has 0 aliphatic carbocycles. The number of carbonyl (C=O) groups is 2. The molecule has 0 bridgehead atoms. The largest absolute Gasteiger partial charge is 0.477 e. The molecule has 0 aliphatic heterocycles. The highest BCUT2D eigenvalue weighted by molar-refractivity contribution is 7.24. The second kappa shape index (κ2) is 19.3. The van der Waals surface area contributed by atoms with E-state index < -0.39 is 11.9 Å². The summed E-state index contributed by atoms with van der Waals surface area (Å²) in [6.45, 7) is 0. The maximum Gasteiger partial charge on any atom is 0.346 e. The van der Waals surface area contributed by atoms with Gasteiger partial charge in [-0.05, 0) is 145 Å². The van der Waals surface area contributed by atoms with Gasteiger partial charge >= 0.3 is 11.9 Å². The van der Waals surface area contributed by atoms with Gasteiger partial charge in [-0.25, -0.2) is 9.59 Å². The molecule has 2 N–H and O–H groups in total. The molecule has 12 heteroatoms. The number of thiophene rings is 4. The van der Waals surface area contributed by atoms with E-state index in [-0.39, 0.29) is 11.1 Å². The first kappa shape index (κ1) is 43.2. The number of rotatable bonds is 14. The minimum absolute atomic E-state index is 0.293. The van der Waals surface area contributed by atoms with Gasteiger partial charge in [0.2, 0.25) is 0 Å². The predicted octanol–water partition coefficient (Wildman–Crippen LogP) is 15.5. The molecule has 0 saturated carbocycles. The number of nitrogens with zero attached hydrogens (tertiary/aromatic N) is 4. The van der Waals surface area contributed by atoms with E-state index in [2.05, 4.69) is 131 Å². The summed E-state index contributed by atoms with van der Waals surface area (Å²) >= 11 is 6.23. The number of benzene rings is 5. The third kappa shape index (κ3) is 9.40. The van der Waals surface area contributed by atoms with E-state index in [0.29, 0.717) is 9.75 Å². The first-order chi connectivity index (χ1) is 32.2. The van der Waals surface area contributed by atoms with Crippen molar-refractivity contribution in [1.29, 1.82) is 10.5 Å². The number of nitriles is 2. The van der Waals surface area contributed by atoms with Gasteiger partial charge in [0.1, 0.15) is 23.3 Å². The Morgan fingerprint density at radius 3 is 1.00 bits per heavy atom. The molecular formula is C54H34N4O4S4. The Labute approximate surface area is 396 Å². The maximum absolute atomic E-state index is 11.3. The second-order valence-corrected chi connectivity index (χ2v) is 19.0. The molecular weight excluding hydrogens is 897 g/mol.